The SMILES string of the molecule is Cl.Cn1nnc2c(C(N)=O)ncn2c1=O. The van der Waals surface area contributed by atoms with Crippen molar-refractivity contribution in [1.29, 1.82) is 0 Å². The molecule has 0 aliphatic rings. The van der Waals surface area contributed by atoms with Gasteiger partial charge in [0.2, 0.25) is 0 Å². The average Bonchev–Trinajstić information content (AvgIpc) is 2.55. The molecule has 0 aliphatic heterocycles. The summed E-state index contributed by atoms with van der Waals surface area (Å²) >= 11 is 0. The Hall–Kier alpha value is -1.96. The summed E-state index contributed by atoms with van der Waals surface area (Å²) < 4.78 is 2.13. The number of hydrogen-bond acceptors (Lipinski definition) is 5. The molecule has 0 radical (unpaired) electrons. The predicted molar refractivity (Wildman–Crippen MR) is 51.8 cm³/mol. The molecule has 0 unspecified atom stereocenters. The second-order valence-electron chi connectivity index (χ2n) is 2.65. The highest BCUT2D eigenvalue weighted by atomic mass is 35.5. The molecule has 2 aromatic rings. The smallest absolute Gasteiger partial charge is 0.352 e. The Morgan fingerprint density at radius 3 is 2.80 bits per heavy atom. The number of nitrogens with zero attached hydrogens (tertiary/aromatic N) is 5. The summed E-state index contributed by atoms with van der Waals surface area (Å²) in [6.07, 6.45) is 1.19. The molecule has 0 spiro atoms. The van der Waals surface area contributed by atoms with Gasteiger partial charge >= 0.3 is 5.69 Å². The Kier molecular flexibility index (Phi) is 2.71. The third kappa shape index (κ3) is 1.54. The van der Waals surface area contributed by atoms with Crippen LogP contribution in [0.5, 0.6) is 0 Å². The van der Waals surface area contributed by atoms with E-state index in [-0.39, 0.29) is 23.7 Å². The van der Waals surface area contributed by atoms with E-state index in [0.717, 1.165) is 9.08 Å². The van der Waals surface area contributed by atoms with E-state index in [1.165, 1.54) is 13.4 Å². The molecule has 2 heterocycles. The fourth-order valence-electron chi connectivity index (χ4n) is 1.05. The van der Waals surface area contributed by atoms with Crippen LogP contribution in [0.15, 0.2) is 11.1 Å². The molecule has 15 heavy (non-hydrogen) atoms. The fraction of sp³-hybridized carbons (Fsp3) is 0.167. The molecule has 2 aromatic heterocycles. The summed E-state index contributed by atoms with van der Waals surface area (Å²) in [6.45, 7) is 0. The first kappa shape index (κ1) is 11.1. The quantitative estimate of drug-likeness (QED) is 0.631. The summed E-state index contributed by atoms with van der Waals surface area (Å²) in [5.41, 5.74) is 4.60. The number of rotatable bonds is 1. The summed E-state index contributed by atoms with van der Waals surface area (Å²) in [6, 6.07) is 0. The van der Waals surface area contributed by atoms with E-state index in [0.29, 0.717) is 0 Å². The van der Waals surface area contributed by atoms with Crippen molar-refractivity contribution in [2.24, 2.45) is 12.8 Å². The maximum Gasteiger partial charge on any atom is 0.352 e. The maximum absolute atomic E-state index is 11.4. The molecular weight excluding hydrogens is 224 g/mol. The van der Waals surface area contributed by atoms with Gasteiger partial charge in [-0.2, -0.15) is 4.68 Å². The summed E-state index contributed by atoms with van der Waals surface area (Å²) in [5.74, 6) is -0.741. The standard InChI is InChI=1S/C6H6N6O2.ClH/c1-11-6(14)12-2-8-3(4(7)13)5(12)9-10-11;/h2H,1H3,(H2,7,13);1H. The molecule has 0 aliphatic carbocycles. The lowest BCUT2D eigenvalue weighted by Crippen LogP contribution is -2.27. The van der Waals surface area contributed by atoms with Crippen LogP contribution >= 0.6 is 12.4 Å². The number of nitrogens with two attached hydrogens (primary N) is 1. The summed E-state index contributed by atoms with van der Waals surface area (Å²) in [5, 5.41) is 7.14. The number of primary amides is 1. The highest BCUT2D eigenvalue weighted by Crippen LogP contribution is 2.00. The first-order chi connectivity index (χ1) is 6.61. The van der Waals surface area contributed by atoms with Crippen molar-refractivity contribution in [3.05, 3.63) is 22.5 Å². The van der Waals surface area contributed by atoms with E-state index in [1.54, 1.807) is 0 Å². The summed E-state index contributed by atoms with van der Waals surface area (Å²) in [4.78, 5) is 25.9. The molecule has 1 amide bonds. The third-order valence-corrected chi connectivity index (χ3v) is 1.73. The predicted octanol–water partition coefficient (Wildman–Crippen LogP) is -1.66. The van der Waals surface area contributed by atoms with Gasteiger partial charge in [-0.25, -0.2) is 14.2 Å². The Morgan fingerprint density at radius 1 is 1.53 bits per heavy atom. The molecule has 80 valence electrons. The number of aryl methyl sites for hydroxylation is 1. The van der Waals surface area contributed by atoms with Crippen molar-refractivity contribution < 1.29 is 4.79 Å². The van der Waals surface area contributed by atoms with Crippen LogP contribution in [0.1, 0.15) is 10.5 Å². The molecule has 0 saturated carbocycles. The van der Waals surface area contributed by atoms with Crippen molar-refractivity contribution >= 4 is 24.0 Å². The van der Waals surface area contributed by atoms with Crippen LogP contribution in [0.2, 0.25) is 0 Å². The fourth-order valence-corrected chi connectivity index (χ4v) is 1.05. The van der Waals surface area contributed by atoms with Gasteiger partial charge in [-0.15, -0.1) is 17.5 Å². The van der Waals surface area contributed by atoms with E-state index >= 15 is 0 Å². The van der Waals surface area contributed by atoms with E-state index in [1.807, 2.05) is 0 Å². The molecule has 0 atom stereocenters. The Bertz CT molecular complexity index is 572. The zero-order valence-electron chi connectivity index (χ0n) is 7.62. The molecule has 0 fully saturated rings. The monoisotopic (exact) mass is 230 g/mol. The van der Waals surface area contributed by atoms with Crippen molar-refractivity contribution in [2.45, 2.75) is 0 Å². The molecular formula is C6H7ClN6O2. The zero-order valence-corrected chi connectivity index (χ0v) is 8.43. The van der Waals surface area contributed by atoms with Crippen molar-refractivity contribution in [1.82, 2.24) is 24.4 Å². The van der Waals surface area contributed by atoms with Gasteiger partial charge in [0.25, 0.3) is 5.91 Å². The molecule has 0 saturated heterocycles. The van der Waals surface area contributed by atoms with E-state index in [4.69, 9.17) is 5.73 Å². The Balaban J connectivity index is 0.00000112. The van der Waals surface area contributed by atoms with E-state index < -0.39 is 11.6 Å². The van der Waals surface area contributed by atoms with E-state index in [9.17, 15) is 9.59 Å². The van der Waals surface area contributed by atoms with Gasteiger partial charge < -0.3 is 5.73 Å². The van der Waals surface area contributed by atoms with Crippen LogP contribution in [-0.4, -0.2) is 30.3 Å². The lowest BCUT2D eigenvalue weighted by molar-refractivity contribution is 0.0997. The normalized spacial score (nSPS) is 9.93. The third-order valence-electron chi connectivity index (χ3n) is 1.73. The number of carbonyl (C=O) groups excluding carboxylic acids is 1. The topological polar surface area (TPSA) is 108 Å². The van der Waals surface area contributed by atoms with Crippen LogP contribution in [-0.2, 0) is 7.05 Å². The van der Waals surface area contributed by atoms with Crippen LogP contribution in [0, 0.1) is 0 Å². The van der Waals surface area contributed by atoms with Gasteiger partial charge in [-0.1, -0.05) is 5.21 Å². The zero-order chi connectivity index (χ0) is 10.3. The van der Waals surface area contributed by atoms with Crippen LogP contribution in [0.4, 0.5) is 0 Å². The van der Waals surface area contributed by atoms with Gasteiger partial charge in [-0.05, 0) is 0 Å². The largest absolute Gasteiger partial charge is 0.364 e. The van der Waals surface area contributed by atoms with Gasteiger partial charge in [0.1, 0.15) is 6.33 Å². The lowest BCUT2D eigenvalue weighted by atomic mass is 10.4. The first-order valence-electron chi connectivity index (χ1n) is 3.68. The second kappa shape index (κ2) is 3.65. The molecule has 0 bridgehead atoms. The average molecular weight is 231 g/mol. The van der Waals surface area contributed by atoms with Crippen molar-refractivity contribution in [2.75, 3.05) is 0 Å². The van der Waals surface area contributed by atoms with Gasteiger partial charge in [0, 0.05) is 7.05 Å². The molecule has 8 nitrogen and oxygen atoms in total. The van der Waals surface area contributed by atoms with E-state index in [2.05, 4.69) is 15.3 Å². The van der Waals surface area contributed by atoms with Crippen molar-refractivity contribution in [3.8, 4) is 0 Å². The van der Waals surface area contributed by atoms with Crippen LogP contribution < -0.4 is 11.4 Å². The van der Waals surface area contributed by atoms with Gasteiger partial charge in [0.05, 0.1) is 0 Å². The number of hydrogen-bond donors (Lipinski definition) is 1. The molecule has 9 heteroatoms. The van der Waals surface area contributed by atoms with Crippen LogP contribution in [0.25, 0.3) is 5.65 Å². The highest BCUT2D eigenvalue weighted by Gasteiger charge is 2.13. The minimum absolute atomic E-state index is 0. The second-order valence-corrected chi connectivity index (χ2v) is 2.65. The molecule has 2 N–H and O–H groups in total. The Labute approximate surface area is 89.1 Å². The number of fused-ring (bicyclic) bond motifs is 1. The minimum Gasteiger partial charge on any atom is -0.364 e. The molecule has 2 rings (SSSR count). The Morgan fingerprint density at radius 2 is 2.20 bits per heavy atom. The number of imidazole rings is 1. The lowest BCUT2D eigenvalue weighted by Gasteiger charge is -1.95. The first-order valence-corrected chi connectivity index (χ1v) is 3.68. The summed E-state index contributed by atoms with van der Waals surface area (Å²) in [7, 11) is 1.44. The highest BCUT2D eigenvalue weighted by molar-refractivity contribution is 5.96. The molecule has 0 aromatic carbocycles. The number of halogens is 1. The minimum atomic E-state index is -0.741. The van der Waals surface area contributed by atoms with Gasteiger partial charge in [0.15, 0.2) is 11.3 Å². The van der Waals surface area contributed by atoms with Crippen molar-refractivity contribution in [3.63, 3.8) is 0 Å². The number of carbonyl (C=O) groups is 1. The maximum atomic E-state index is 11.4. The number of amides is 1. The van der Waals surface area contributed by atoms with Gasteiger partial charge in [-0.3, -0.25) is 4.79 Å². The van der Waals surface area contributed by atoms with Crippen LogP contribution in [0.3, 0.4) is 0 Å². The number of aromatic nitrogens is 5.